The second kappa shape index (κ2) is 3.94. The number of aliphatic carboxylic acids is 1. The molecular formula is C12H12Cl2O2. The van der Waals surface area contributed by atoms with Gasteiger partial charge in [-0.15, -0.1) is 0 Å². The normalized spacial score (nSPS) is 28.6. The SMILES string of the molecule is CC1CC(C(=O)O)(c2c(Cl)cccc2Cl)C1. The van der Waals surface area contributed by atoms with Crippen LogP contribution >= 0.6 is 23.2 Å². The Kier molecular flexibility index (Phi) is 2.89. The number of halogens is 2. The van der Waals surface area contributed by atoms with E-state index in [2.05, 4.69) is 0 Å². The van der Waals surface area contributed by atoms with Gasteiger partial charge in [0.15, 0.2) is 0 Å². The van der Waals surface area contributed by atoms with Crippen LogP contribution in [0.25, 0.3) is 0 Å². The highest BCUT2D eigenvalue weighted by atomic mass is 35.5. The van der Waals surface area contributed by atoms with E-state index in [0.29, 0.717) is 34.4 Å². The summed E-state index contributed by atoms with van der Waals surface area (Å²) in [6.45, 7) is 2.03. The summed E-state index contributed by atoms with van der Waals surface area (Å²) in [4.78, 5) is 11.4. The third kappa shape index (κ3) is 1.61. The van der Waals surface area contributed by atoms with E-state index < -0.39 is 11.4 Å². The van der Waals surface area contributed by atoms with Crippen LogP contribution in [0.3, 0.4) is 0 Å². The van der Waals surface area contributed by atoms with E-state index in [9.17, 15) is 9.90 Å². The van der Waals surface area contributed by atoms with Gasteiger partial charge in [-0.1, -0.05) is 36.2 Å². The molecule has 0 unspecified atom stereocenters. The van der Waals surface area contributed by atoms with E-state index >= 15 is 0 Å². The van der Waals surface area contributed by atoms with Gasteiger partial charge in [-0.25, -0.2) is 0 Å². The highest BCUT2D eigenvalue weighted by molar-refractivity contribution is 6.36. The summed E-state index contributed by atoms with van der Waals surface area (Å²) < 4.78 is 0. The smallest absolute Gasteiger partial charge is 0.314 e. The van der Waals surface area contributed by atoms with E-state index in [0.717, 1.165) is 0 Å². The number of benzene rings is 1. The monoisotopic (exact) mass is 258 g/mol. The molecule has 1 aromatic carbocycles. The number of hydrogen-bond donors (Lipinski definition) is 1. The van der Waals surface area contributed by atoms with Gasteiger partial charge < -0.3 is 5.11 Å². The Morgan fingerprint density at radius 1 is 1.38 bits per heavy atom. The van der Waals surface area contributed by atoms with Gasteiger partial charge in [-0.05, 0) is 30.9 Å². The minimum atomic E-state index is -0.880. The lowest BCUT2D eigenvalue weighted by atomic mass is 9.59. The van der Waals surface area contributed by atoms with Gasteiger partial charge in [0.25, 0.3) is 0 Å². The second-order valence-corrected chi connectivity index (χ2v) is 5.31. The molecule has 2 rings (SSSR count). The first-order chi connectivity index (χ1) is 7.47. The summed E-state index contributed by atoms with van der Waals surface area (Å²) in [6, 6.07) is 5.11. The molecule has 2 nitrogen and oxygen atoms in total. The Morgan fingerprint density at radius 2 is 1.88 bits per heavy atom. The predicted octanol–water partition coefficient (Wildman–Crippen LogP) is 3.75. The first-order valence-corrected chi connectivity index (χ1v) is 5.91. The van der Waals surface area contributed by atoms with Crippen LogP contribution in [0.4, 0.5) is 0 Å². The molecule has 1 fully saturated rings. The quantitative estimate of drug-likeness (QED) is 0.878. The van der Waals surface area contributed by atoms with E-state index in [-0.39, 0.29) is 0 Å². The molecule has 0 bridgehead atoms. The van der Waals surface area contributed by atoms with Crippen LogP contribution in [-0.4, -0.2) is 11.1 Å². The Bertz CT molecular complexity index is 416. The molecule has 1 aliphatic rings. The van der Waals surface area contributed by atoms with E-state index in [4.69, 9.17) is 23.2 Å². The zero-order valence-electron chi connectivity index (χ0n) is 8.84. The fourth-order valence-electron chi connectivity index (χ4n) is 2.57. The van der Waals surface area contributed by atoms with Crippen LogP contribution < -0.4 is 0 Å². The van der Waals surface area contributed by atoms with Crippen molar-refractivity contribution in [2.24, 2.45) is 5.92 Å². The molecule has 86 valence electrons. The molecule has 1 aromatic rings. The minimum Gasteiger partial charge on any atom is -0.481 e. The second-order valence-electron chi connectivity index (χ2n) is 4.50. The van der Waals surface area contributed by atoms with Crippen LogP contribution in [0, 0.1) is 5.92 Å². The van der Waals surface area contributed by atoms with Gasteiger partial charge in [0.1, 0.15) is 0 Å². The number of carboxylic acid groups (broad SMARTS) is 1. The predicted molar refractivity (Wildman–Crippen MR) is 64.2 cm³/mol. The highest BCUT2D eigenvalue weighted by Crippen LogP contribution is 2.51. The molecule has 0 radical (unpaired) electrons. The molecule has 0 heterocycles. The lowest BCUT2D eigenvalue weighted by Gasteiger charge is -2.44. The van der Waals surface area contributed by atoms with Gasteiger partial charge in [-0.3, -0.25) is 4.79 Å². The van der Waals surface area contributed by atoms with Crippen molar-refractivity contribution in [2.75, 3.05) is 0 Å². The van der Waals surface area contributed by atoms with Gasteiger partial charge in [0.2, 0.25) is 0 Å². The maximum atomic E-state index is 11.4. The van der Waals surface area contributed by atoms with E-state index in [1.54, 1.807) is 18.2 Å². The molecule has 0 amide bonds. The third-order valence-corrected chi connectivity index (χ3v) is 3.87. The largest absolute Gasteiger partial charge is 0.481 e. The van der Waals surface area contributed by atoms with Gasteiger partial charge in [-0.2, -0.15) is 0 Å². The van der Waals surface area contributed by atoms with Crippen molar-refractivity contribution in [2.45, 2.75) is 25.2 Å². The van der Waals surface area contributed by atoms with Crippen molar-refractivity contribution in [1.82, 2.24) is 0 Å². The number of hydrogen-bond acceptors (Lipinski definition) is 1. The number of rotatable bonds is 2. The standard InChI is InChI=1S/C12H12Cl2O2/c1-7-5-12(6-7,11(15)16)10-8(13)3-2-4-9(10)14/h2-4,7H,5-6H2,1H3,(H,15,16). The molecule has 0 spiro atoms. The molecule has 1 saturated carbocycles. The first kappa shape index (κ1) is 11.7. The maximum Gasteiger partial charge on any atom is 0.314 e. The van der Waals surface area contributed by atoms with Gasteiger partial charge in [0, 0.05) is 15.6 Å². The van der Waals surface area contributed by atoms with Crippen LogP contribution in [0.1, 0.15) is 25.3 Å². The summed E-state index contributed by atoms with van der Waals surface area (Å²) in [5.41, 5.74) is -0.307. The molecule has 0 atom stereocenters. The Morgan fingerprint density at radius 3 is 2.25 bits per heavy atom. The molecule has 0 aliphatic heterocycles. The first-order valence-electron chi connectivity index (χ1n) is 5.15. The van der Waals surface area contributed by atoms with Crippen LogP contribution in [0.5, 0.6) is 0 Å². The minimum absolute atomic E-state index is 0.406. The van der Waals surface area contributed by atoms with Crippen molar-refractivity contribution in [1.29, 1.82) is 0 Å². The summed E-state index contributed by atoms with van der Waals surface area (Å²) in [5, 5.41) is 10.3. The Labute approximate surface area is 104 Å². The lowest BCUT2D eigenvalue weighted by molar-refractivity contribution is -0.149. The van der Waals surface area contributed by atoms with Crippen molar-refractivity contribution in [3.05, 3.63) is 33.8 Å². The molecule has 16 heavy (non-hydrogen) atoms. The molecule has 0 aromatic heterocycles. The highest BCUT2D eigenvalue weighted by Gasteiger charge is 2.51. The summed E-state index contributed by atoms with van der Waals surface area (Å²) >= 11 is 12.1. The number of carbonyl (C=O) groups is 1. The molecule has 4 heteroatoms. The molecule has 1 aliphatic carbocycles. The fourth-order valence-corrected chi connectivity index (χ4v) is 3.33. The molecule has 1 N–H and O–H groups in total. The van der Waals surface area contributed by atoms with Crippen LogP contribution in [0.2, 0.25) is 10.0 Å². The van der Waals surface area contributed by atoms with Crippen molar-refractivity contribution < 1.29 is 9.90 Å². The van der Waals surface area contributed by atoms with Gasteiger partial charge >= 0.3 is 5.97 Å². The number of carboxylic acids is 1. The van der Waals surface area contributed by atoms with Crippen molar-refractivity contribution >= 4 is 29.2 Å². The lowest BCUT2D eigenvalue weighted by Crippen LogP contribution is -2.47. The van der Waals surface area contributed by atoms with E-state index in [1.807, 2.05) is 6.92 Å². The van der Waals surface area contributed by atoms with Crippen LogP contribution in [0.15, 0.2) is 18.2 Å². The molecule has 0 saturated heterocycles. The topological polar surface area (TPSA) is 37.3 Å². The van der Waals surface area contributed by atoms with E-state index in [1.165, 1.54) is 0 Å². The zero-order valence-corrected chi connectivity index (χ0v) is 10.3. The average molecular weight is 259 g/mol. The summed E-state index contributed by atoms with van der Waals surface area (Å²) in [7, 11) is 0. The third-order valence-electron chi connectivity index (χ3n) is 3.24. The zero-order chi connectivity index (χ0) is 11.9. The summed E-state index contributed by atoms with van der Waals surface area (Å²) in [6.07, 6.45) is 1.21. The Hall–Kier alpha value is -0.730. The molecular weight excluding hydrogens is 247 g/mol. The van der Waals surface area contributed by atoms with Crippen LogP contribution in [-0.2, 0) is 10.2 Å². The van der Waals surface area contributed by atoms with Crippen molar-refractivity contribution in [3.63, 3.8) is 0 Å². The Balaban J connectivity index is 2.53. The fraction of sp³-hybridized carbons (Fsp3) is 0.417. The van der Waals surface area contributed by atoms with Crippen molar-refractivity contribution in [3.8, 4) is 0 Å². The maximum absolute atomic E-state index is 11.4. The van der Waals surface area contributed by atoms with Gasteiger partial charge in [0.05, 0.1) is 5.41 Å². The average Bonchev–Trinajstić information content (AvgIpc) is 2.13. The summed E-state index contributed by atoms with van der Waals surface area (Å²) in [5.74, 6) is -0.427.